The minimum atomic E-state index is -0.273. The predicted molar refractivity (Wildman–Crippen MR) is 112 cm³/mol. The minimum absolute atomic E-state index is 0.0213. The molecule has 0 saturated carbocycles. The van der Waals surface area contributed by atoms with Crippen LogP contribution >= 0.6 is 11.3 Å². The maximum Gasteiger partial charge on any atom is 0.225 e. The largest absolute Gasteiger partial charge is 0.352 e. The number of nitrogens with zero attached hydrogens (tertiary/aromatic N) is 3. The Labute approximate surface area is 170 Å². The van der Waals surface area contributed by atoms with Crippen LogP contribution in [0.25, 0.3) is 11.3 Å². The van der Waals surface area contributed by atoms with E-state index in [1.807, 2.05) is 6.92 Å². The summed E-state index contributed by atoms with van der Waals surface area (Å²) in [5.74, 6) is -0.252. The lowest BCUT2D eigenvalue weighted by atomic mass is 10.1. The molecular formula is C21H29FN4OS. The Hall–Kier alpha value is -1.83. The minimum Gasteiger partial charge on any atom is -0.352 e. The second-order valence-electron chi connectivity index (χ2n) is 7.46. The van der Waals surface area contributed by atoms with E-state index in [2.05, 4.69) is 34.1 Å². The van der Waals surface area contributed by atoms with Gasteiger partial charge in [-0.2, -0.15) is 0 Å². The van der Waals surface area contributed by atoms with Gasteiger partial charge < -0.3 is 10.2 Å². The van der Waals surface area contributed by atoms with Gasteiger partial charge in [0, 0.05) is 49.2 Å². The molecule has 5 nitrogen and oxygen atoms in total. The first-order chi connectivity index (χ1) is 13.4. The molecule has 1 N–H and O–H groups in total. The van der Waals surface area contributed by atoms with Gasteiger partial charge in [0.1, 0.15) is 5.82 Å². The number of aromatic nitrogens is 1. The molecular weight excluding hydrogens is 375 g/mol. The van der Waals surface area contributed by atoms with Crippen LogP contribution in [0.15, 0.2) is 24.3 Å². The highest BCUT2D eigenvalue weighted by atomic mass is 32.1. The van der Waals surface area contributed by atoms with Gasteiger partial charge in [0.2, 0.25) is 5.91 Å². The molecule has 0 bridgehead atoms. The highest BCUT2D eigenvalue weighted by molar-refractivity contribution is 7.12. The van der Waals surface area contributed by atoms with Crippen LogP contribution < -0.4 is 5.32 Å². The number of halogens is 1. The Bertz CT molecular complexity index is 784. The lowest BCUT2D eigenvalue weighted by Gasteiger charge is -2.34. The van der Waals surface area contributed by atoms with Crippen LogP contribution in [0.2, 0.25) is 0 Å². The van der Waals surface area contributed by atoms with Gasteiger partial charge in [-0.3, -0.25) is 9.69 Å². The maximum absolute atomic E-state index is 13.2. The first-order valence-electron chi connectivity index (χ1n) is 9.87. The first kappa shape index (κ1) is 20.9. The second kappa shape index (κ2) is 9.58. The van der Waals surface area contributed by atoms with E-state index in [0.29, 0.717) is 6.42 Å². The average Bonchev–Trinajstić information content (AvgIpc) is 3.03. The van der Waals surface area contributed by atoms with Gasteiger partial charge in [-0.1, -0.05) is 6.92 Å². The van der Waals surface area contributed by atoms with Crippen LogP contribution in [0.1, 0.15) is 23.2 Å². The Morgan fingerprint density at radius 3 is 2.57 bits per heavy atom. The van der Waals surface area contributed by atoms with E-state index in [9.17, 15) is 9.18 Å². The third-order valence-corrected chi connectivity index (χ3v) is 6.15. The van der Waals surface area contributed by atoms with Gasteiger partial charge in [0.05, 0.1) is 17.1 Å². The van der Waals surface area contributed by atoms with Gasteiger partial charge in [-0.25, -0.2) is 9.37 Å². The van der Waals surface area contributed by atoms with Crippen molar-refractivity contribution in [2.24, 2.45) is 0 Å². The lowest BCUT2D eigenvalue weighted by Crippen LogP contribution is -2.50. The van der Waals surface area contributed by atoms with E-state index in [4.69, 9.17) is 0 Å². The summed E-state index contributed by atoms with van der Waals surface area (Å²) >= 11 is 1.53. The monoisotopic (exact) mass is 404 g/mol. The molecule has 0 unspecified atom stereocenters. The fourth-order valence-corrected chi connectivity index (χ4v) is 4.42. The number of nitrogens with one attached hydrogen (secondary N) is 1. The molecule has 1 aliphatic heterocycles. The number of piperazine rings is 1. The van der Waals surface area contributed by atoms with Crippen molar-refractivity contribution in [1.82, 2.24) is 20.1 Å². The van der Waals surface area contributed by atoms with Gasteiger partial charge >= 0.3 is 0 Å². The zero-order valence-electron chi connectivity index (χ0n) is 16.9. The molecule has 1 atom stereocenters. The van der Waals surface area contributed by atoms with Crippen molar-refractivity contribution < 1.29 is 9.18 Å². The van der Waals surface area contributed by atoms with Crippen molar-refractivity contribution in [2.75, 3.05) is 39.8 Å². The van der Waals surface area contributed by atoms with E-state index >= 15 is 0 Å². The summed E-state index contributed by atoms with van der Waals surface area (Å²) < 4.78 is 13.2. The van der Waals surface area contributed by atoms with Crippen molar-refractivity contribution in [3.05, 3.63) is 40.0 Å². The van der Waals surface area contributed by atoms with E-state index in [-0.39, 0.29) is 17.8 Å². The normalized spacial score (nSPS) is 16.9. The topological polar surface area (TPSA) is 48.5 Å². The number of rotatable bonds is 7. The summed E-state index contributed by atoms with van der Waals surface area (Å²) in [4.78, 5) is 23.0. The lowest BCUT2D eigenvalue weighted by molar-refractivity contribution is -0.121. The molecule has 2 heterocycles. The summed E-state index contributed by atoms with van der Waals surface area (Å²) in [5.41, 5.74) is 1.63. The summed E-state index contributed by atoms with van der Waals surface area (Å²) in [7, 11) is 2.15. The summed E-state index contributed by atoms with van der Waals surface area (Å²) in [6, 6.07) is 6.44. The second-order valence-corrected chi connectivity index (χ2v) is 8.75. The first-order valence-corrected chi connectivity index (χ1v) is 10.7. The SMILES string of the molecule is CC[C@H](CN1CCN(C)CC1)NC(=O)Cc1sc(C)nc1-c1ccc(F)cc1. The van der Waals surface area contributed by atoms with Crippen molar-refractivity contribution in [1.29, 1.82) is 0 Å². The Morgan fingerprint density at radius 2 is 1.93 bits per heavy atom. The summed E-state index contributed by atoms with van der Waals surface area (Å²) in [6.45, 7) is 9.18. The third kappa shape index (κ3) is 5.59. The van der Waals surface area contributed by atoms with Crippen LogP contribution in [0.4, 0.5) is 4.39 Å². The Morgan fingerprint density at radius 1 is 1.25 bits per heavy atom. The van der Waals surface area contributed by atoms with Gasteiger partial charge in [0.15, 0.2) is 0 Å². The van der Waals surface area contributed by atoms with Gasteiger partial charge in [-0.05, 0) is 44.7 Å². The Kier molecular flexibility index (Phi) is 7.15. The molecule has 0 radical (unpaired) electrons. The zero-order chi connectivity index (χ0) is 20.1. The van der Waals surface area contributed by atoms with E-state index in [1.165, 1.54) is 23.5 Å². The third-order valence-electron chi connectivity index (χ3n) is 5.18. The average molecular weight is 405 g/mol. The van der Waals surface area contributed by atoms with Crippen LogP contribution in [0, 0.1) is 12.7 Å². The molecule has 1 fully saturated rings. The number of thiazole rings is 1. The highest BCUT2D eigenvalue weighted by Crippen LogP contribution is 2.28. The quantitative estimate of drug-likeness (QED) is 0.771. The molecule has 7 heteroatoms. The number of hydrogen-bond donors (Lipinski definition) is 1. The number of amides is 1. The van der Waals surface area contributed by atoms with E-state index in [1.54, 1.807) is 12.1 Å². The number of aryl methyl sites for hydroxylation is 1. The van der Waals surface area contributed by atoms with Crippen molar-refractivity contribution >= 4 is 17.2 Å². The summed E-state index contributed by atoms with van der Waals surface area (Å²) in [5, 5.41) is 4.10. The predicted octanol–water partition coefficient (Wildman–Crippen LogP) is 2.94. The number of benzene rings is 1. The fraction of sp³-hybridized carbons (Fsp3) is 0.524. The molecule has 2 aromatic rings. The molecule has 152 valence electrons. The maximum atomic E-state index is 13.2. The zero-order valence-corrected chi connectivity index (χ0v) is 17.7. The van der Waals surface area contributed by atoms with Crippen LogP contribution in [-0.4, -0.2) is 66.5 Å². The number of carbonyl (C=O) groups is 1. The molecule has 0 spiro atoms. The molecule has 28 heavy (non-hydrogen) atoms. The van der Waals surface area contributed by atoms with Crippen molar-refractivity contribution in [3.63, 3.8) is 0 Å². The van der Waals surface area contributed by atoms with Crippen molar-refractivity contribution in [2.45, 2.75) is 32.7 Å². The fourth-order valence-electron chi connectivity index (χ4n) is 3.47. The number of likely N-dealkylation sites (N-methyl/N-ethyl adjacent to an activating group) is 1. The van der Waals surface area contributed by atoms with E-state index in [0.717, 1.165) is 60.3 Å². The molecule has 3 rings (SSSR count). The Balaban J connectivity index is 1.61. The van der Waals surface area contributed by atoms with Gasteiger partial charge in [-0.15, -0.1) is 11.3 Å². The number of carbonyl (C=O) groups excluding carboxylic acids is 1. The smallest absolute Gasteiger partial charge is 0.225 e. The van der Waals surface area contributed by atoms with Crippen molar-refractivity contribution in [3.8, 4) is 11.3 Å². The van der Waals surface area contributed by atoms with Crippen LogP contribution in [0.5, 0.6) is 0 Å². The molecule has 1 amide bonds. The molecule has 1 saturated heterocycles. The molecule has 1 aliphatic rings. The van der Waals surface area contributed by atoms with Crippen LogP contribution in [0.3, 0.4) is 0 Å². The number of hydrogen-bond acceptors (Lipinski definition) is 5. The molecule has 0 aliphatic carbocycles. The molecule has 1 aromatic heterocycles. The van der Waals surface area contributed by atoms with Crippen LogP contribution in [-0.2, 0) is 11.2 Å². The standard InChI is InChI=1S/C21H29FN4OS/c1-4-18(14-26-11-9-25(3)10-12-26)24-20(27)13-19-21(23-15(2)28-19)16-5-7-17(22)8-6-16/h5-8,18H,4,9-14H2,1-3H3,(H,24,27)/t18-/m1/s1. The summed E-state index contributed by atoms with van der Waals surface area (Å²) in [6.07, 6.45) is 1.21. The molecule has 1 aromatic carbocycles. The highest BCUT2D eigenvalue weighted by Gasteiger charge is 2.20. The van der Waals surface area contributed by atoms with E-state index < -0.39 is 0 Å². The van der Waals surface area contributed by atoms with Gasteiger partial charge in [0.25, 0.3) is 0 Å².